The van der Waals surface area contributed by atoms with Crippen LogP contribution in [-0.2, 0) is 20.7 Å². The van der Waals surface area contributed by atoms with E-state index < -0.39 is 0 Å². The van der Waals surface area contributed by atoms with Gasteiger partial charge in [0.2, 0.25) is 5.91 Å². The van der Waals surface area contributed by atoms with Crippen LogP contribution in [0.4, 0.5) is 5.13 Å². The summed E-state index contributed by atoms with van der Waals surface area (Å²) in [6.45, 7) is 5.87. The van der Waals surface area contributed by atoms with Crippen molar-refractivity contribution in [1.29, 1.82) is 0 Å². The van der Waals surface area contributed by atoms with Gasteiger partial charge in [-0.15, -0.1) is 11.3 Å². The Morgan fingerprint density at radius 3 is 2.71 bits per heavy atom. The first-order chi connectivity index (χ1) is 16.9. The van der Waals surface area contributed by atoms with Crippen molar-refractivity contribution in [2.75, 3.05) is 19.0 Å². The number of methoxy groups -OCH3 is 1. The molecule has 1 N–H and O–H groups in total. The monoisotopic (exact) mass is 490 g/mol. The summed E-state index contributed by atoms with van der Waals surface area (Å²) >= 11 is 1.26. The third-order valence-electron chi connectivity index (χ3n) is 5.52. The standard InChI is InChI=1S/C27H26N2O5S/c1-5-33-24(31)12-19-15-35-27(28-19)29-23(30)11-16(2)20-13-21-22(18-9-7-6-8-10-18)14-34-26(21)17(3)25(20)32-4/h6-11,13-15H,5,12H2,1-4H3,(H,28,29,30)/b16-11+. The zero-order valence-electron chi connectivity index (χ0n) is 20.0. The zero-order chi connectivity index (χ0) is 24.9. The Labute approximate surface area is 207 Å². The molecular weight excluding hydrogens is 464 g/mol. The maximum atomic E-state index is 12.7. The summed E-state index contributed by atoms with van der Waals surface area (Å²) < 4.78 is 16.5. The van der Waals surface area contributed by atoms with Gasteiger partial charge in [0.1, 0.15) is 11.3 Å². The molecule has 0 spiro atoms. The second-order valence-electron chi connectivity index (χ2n) is 7.92. The van der Waals surface area contributed by atoms with Crippen LogP contribution in [0, 0.1) is 6.92 Å². The fraction of sp³-hybridized carbons (Fsp3) is 0.222. The van der Waals surface area contributed by atoms with E-state index in [-0.39, 0.29) is 18.3 Å². The first-order valence-corrected chi connectivity index (χ1v) is 12.0. The third kappa shape index (κ3) is 5.27. The number of hydrogen-bond acceptors (Lipinski definition) is 7. The normalized spacial score (nSPS) is 11.5. The number of fused-ring (bicyclic) bond motifs is 1. The highest BCUT2D eigenvalue weighted by Gasteiger charge is 2.19. The molecule has 2 aromatic carbocycles. The van der Waals surface area contributed by atoms with Crippen molar-refractivity contribution in [3.63, 3.8) is 0 Å². The van der Waals surface area contributed by atoms with Crippen molar-refractivity contribution in [1.82, 2.24) is 4.98 Å². The molecule has 2 aromatic heterocycles. The molecule has 0 aliphatic carbocycles. The van der Waals surface area contributed by atoms with Crippen LogP contribution in [0.25, 0.3) is 27.7 Å². The molecule has 0 aliphatic heterocycles. The van der Waals surface area contributed by atoms with Crippen LogP contribution in [0.3, 0.4) is 0 Å². The topological polar surface area (TPSA) is 90.7 Å². The Morgan fingerprint density at radius 1 is 1.23 bits per heavy atom. The molecule has 0 bridgehead atoms. The molecule has 2 heterocycles. The van der Waals surface area contributed by atoms with Crippen molar-refractivity contribution in [3.8, 4) is 16.9 Å². The quantitative estimate of drug-likeness (QED) is 0.240. The number of allylic oxidation sites excluding steroid dienone is 1. The van der Waals surface area contributed by atoms with Gasteiger partial charge in [0.25, 0.3) is 0 Å². The maximum absolute atomic E-state index is 12.7. The minimum atomic E-state index is -0.349. The molecule has 0 radical (unpaired) electrons. The molecule has 0 atom stereocenters. The Morgan fingerprint density at radius 2 is 2.00 bits per heavy atom. The van der Waals surface area contributed by atoms with Crippen molar-refractivity contribution >= 4 is 44.9 Å². The largest absolute Gasteiger partial charge is 0.496 e. The lowest BCUT2D eigenvalue weighted by molar-refractivity contribution is -0.142. The van der Waals surface area contributed by atoms with E-state index in [9.17, 15) is 9.59 Å². The Hall–Kier alpha value is -3.91. The van der Waals surface area contributed by atoms with Crippen molar-refractivity contribution < 1.29 is 23.5 Å². The van der Waals surface area contributed by atoms with Crippen molar-refractivity contribution in [2.24, 2.45) is 0 Å². The SMILES string of the molecule is CCOC(=O)Cc1csc(NC(=O)/C=C(\C)c2cc3c(-c4ccccc4)coc3c(C)c2OC)n1. The number of esters is 1. The number of rotatable bonds is 8. The molecule has 8 heteroatoms. The van der Waals surface area contributed by atoms with E-state index in [0.717, 1.165) is 38.8 Å². The maximum Gasteiger partial charge on any atom is 0.311 e. The minimum absolute atomic E-state index is 0.0695. The van der Waals surface area contributed by atoms with Crippen LogP contribution in [0.1, 0.15) is 30.7 Å². The minimum Gasteiger partial charge on any atom is -0.496 e. The summed E-state index contributed by atoms with van der Waals surface area (Å²) in [6, 6.07) is 12.0. The van der Waals surface area contributed by atoms with Crippen molar-refractivity contribution in [2.45, 2.75) is 27.2 Å². The Bertz CT molecular complexity index is 1400. The van der Waals surface area contributed by atoms with Crippen LogP contribution < -0.4 is 10.1 Å². The van der Waals surface area contributed by atoms with Crippen LogP contribution in [-0.4, -0.2) is 30.6 Å². The second kappa shape index (κ2) is 10.6. The number of aryl methyl sites for hydroxylation is 1. The number of nitrogens with one attached hydrogen (secondary N) is 1. The summed E-state index contributed by atoms with van der Waals surface area (Å²) in [5.41, 5.74) is 5.71. The number of thiazole rings is 1. The van der Waals surface area contributed by atoms with Gasteiger partial charge in [-0.05, 0) is 38.0 Å². The van der Waals surface area contributed by atoms with Gasteiger partial charge in [-0.3, -0.25) is 14.9 Å². The lowest BCUT2D eigenvalue weighted by Gasteiger charge is -2.13. The first kappa shape index (κ1) is 24.2. The summed E-state index contributed by atoms with van der Waals surface area (Å²) in [6.07, 6.45) is 3.33. The van der Waals surface area contributed by atoms with Gasteiger partial charge >= 0.3 is 5.97 Å². The molecule has 0 saturated carbocycles. The van der Waals surface area contributed by atoms with Crippen LogP contribution in [0.5, 0.6) is 5.75 Å². The number of anilines is 1. The highest BCUT2D eigenvalue weighted by Crippen LogP contribution is 2.40. The molecule has 0 saturated heterocycles. The lowest BCUT2D eigenvalue weighted by atomic mass is 9.96. The van der Waals surface area contributed by atoms with Gasteiger partial charge < -0.3 is 13.9 Å². The summed E-state index contributed by atoms with van der Waals surface area (Å²) in [5.74, 6) is -0.0211. The number of amides is 1. The smallest absolute Gasteiger partial charge is 0.311 e. The molecule has 4 aromatic rings. The highest BCUT2D eigenvalue weighted by atomic mass is 32.1. The van der Waals surface area contributed by atoms with Crippen LogP contribution in [0.15, 0.2) is 58.5 Å². The Balaban J connectivity index is 1.62. The fourth-order valence-corrected chi connectivity index (χ4v) is 4.65. The fourth-order valence-electron chi connectivity index (χ4n) is 3.93. The number of furan rings is 1. The Kier molecular flexibility index (Phi) is 7.31. The summed E-state index contributed by atoms with van der Waals surface area (Å²) in [5, 5.41) is 5.86. The summed E-state index contributed by atoms with van der Waals surface area (Å²) in [4.78, 5) is 28.7. The number of nitrogens with zero attached hydrogens (tertiary/aromatic N) is 1. The van der Waals surface area contributed by atoms with Gasteiger partial charge in [0.15, 0.2) is 5.13 Å². The van der Waals surface area contributed by atoms with Crippen LogP contribution in [0.2, 0.25) is 0 Å². The molecule has 1 amide bonds. The highest BCUT2D eigenvalue weighted by molar-refractivity contribution is 7.14. The lowest BCUT2D eigenvalue weighted by Crippen LogP contribution is -2.10. The predicted molar refractivity (Wildman–Crippen MR) is 138 cm³/mol. The predicted octanol–water partition coefficient (Wildman–Crippen LogP) is 6.02. The van der Waals surface area contributed by atoms with Gasteiger partial charge in [0, 0.05) is 33.5 Å². The van der Waals surface area contributed by atoms with Crippen LogP contribution >= 0.6 is 11.3 Å². The number of aromatic nitrogens is 1. The van der Waals surface area contributed by atoms with Gasteiger partial charge in [0.05, 0.1) is 32.1 Å². The molecular formula is C27H26N2O5S. The molecule has 0 fully saturated rings. The number of hydrogen-bond donors (Lipinski definition) is 1. The average Bonchev–Trinajstić information content (AvgIpc) is 3.46. The van der Waals surface area contributed by atoms with E-state index in [1.807, 2.05) is 50.2 Å². The molecule has 4 rings (SSSR count). The van der Waals surface area contributed by atoms with E-state index >= 15 is 0 Å². The van der Waals surface area contributed by atoms with Gasteiger partial charge in [-0.2, -0.15) is 0 Å². The number of carbonyl (C=O) groups excluding carboxylic acids is 2. The van der Waals surface area contributed by atoms with E-state index in [2.05, 4.69) is 10.3 Å². The van der Waals surface area contributed by atoms with Gasteiger partial charge in [-0.25, -0.2) is 4.98 Å². The molecule has 35 heavy (non-hydrogen) atoms. The third-order valence-corrected chi connectivity index (χ3v) is 6.32. The molecule has 0 aliphatic rings. The molecule has 7 nitrogen and oxygen atoms in total. The van der Waals surface area contributed by atoms with Crippen molar-refractivity contribution in [3.05, 3.63) is 70.9 Å². The zero-order valence-corrected chi connectivity index (χ0v) is 20.8. The summed E-state index contributed by atoms with van der Waals surface area (Å²) in [7, 11) is 1.60. The molecule has 180 valence electrons. The number of carbonyl (C=O) groups is 2. The van der Waals surface area contributed by atoms with E-state index in [4.69, 9.17) is 13.9 Å². The average molecular weight is 491 g/mol. The van der Waals surface area contributed by atoms with E-state index in [0.29, 0.717) is 23.2 Å². The van der Waals surface area contributed by atoms with E-state index in [1.54, 1.807) is 25.7 Å². The van der Waals surface area contributed by atoms with E-state index in [1.165, 1.54) is 17.4 Å². The second-order valence-corrected chi connectivity index (χ2v) is 8.77. The first-order valence-electron chi connectivity index (χ1n) is 11.1. The van der Waals surface area contributed by atoms with Gasteiger partial charge in [-0.1, -0.05) is 30.3 Å². The number of benzene rings is 2. The number of ether oxygens (including phenoxy) is 2. The molecule has 0 unspecified atom stereocenters.